The first-order valence-electron chi connectivity index (χ1n) is 12.1. The van der Waals surface area contributed by atoms with E-state index < -0.39 is 0 Å². The molecule has 0 amide bonds. The van der Waals surface area contributed by atoms with Crippen LogP contribution in [0, 0.1) is 23.2 Å². The lowest BCUT2D eigenvalue weighted by Gasteiger charge is -2.46. The van der Waals surface area contributed by atoms with Gasteiger partial charge in [0.25, 0.3) is 0 Å². The van der Waals surface area contributed by atoms with Gasteiger partial charge in [0, 0.05) is 11.6 Å². The number of hydrogen-bond acceptors (Lipinski definition) is 4. The van der Waals surface area contributed by atoms with Crippen molar-refractivity contribution in [1.82, 2.24) is 0 Å². The summed E-state index contributed by atoms with van der Waals surface area (Å²) in [5.74, 6) is 1.90. The molecule has 1 aromatic rings. The van der Waals surface area contributed by atoms with Gasteiger partial charge in [-0.3, -0.25) is 4.79 Å². The Morgan fingerprint density at radius 1 is 1.23 bits per heavy atom. The highest BCUT2D eigenvalue weighted by atomic mass is 16.6. The number of benzene rings is 1. The van der Waals surface area contributed by atoms with Crippen molar-refractivity contribution in [3.05, 3.63) is 35.9 Å². The van der Waals surface area contributed by atoms with Crippen LogP contribution in [0.1, 0.15) is 39.5 Å². The first-order valence-corrected chi connectivity index (χ1v) is 12.1. The predicted octanol–water partition coefficient (Wildman–Crippen LogP) is 2.71. The number of fused-ring (bicyclic) bond motifs is 2. The monoisotopic (exact) mass is 425 g/mol. The van der Waals surface area contributed by atoms with Crippen molar-refractivity contribution in [2.24, 2.45) is 23.2 Å². The number of esters is 1. The highest BCUT2D eigenvalue weighted by molar-refractivity contribution is 5.76. The van der Waals surface area contributed by atoms with Crippen LogP contribution < -0.4 is 14.5 Å². The van der Waals surface area contributed by atoms with Crippen LogP contribution in [-0.4, -0.2) is 51.9 Å². The molecule has 4 aliphatic rings. The average Bonchev–Trinajstić information content (AvgIpc) is 3.06. The lowest BCUT2D eigenvalue weighted by Crippen LogP contribution is -3.15. The standard InChI is InChI=1S/C26H36N2O3/c1-18-5-4-10-26(2)16-24-21(15-23(18)26)22(25(29)31-24)17-27-11-13-28(14-12-27)19-6-8-20(30-3)9-7-19/h6-9,15,18,21-22,24H,4-5,10-14,16-17H2,1-3H3/p+1/t18-,21+,22+,24+,26+/m0/s1. The first-order chi connectivity index (χ1) is 15.0. The van der Waals surface area contributed by atoms with E-state index in [2.05, 4.69) is 37.0 Å². The van der Waals surface area contributed by atoms with Crippen molar-refractivity contribution in [1.29, 1.82) is 0 Å². The molecule has 5 atom stereocenters. The lowest BCUT2D eigenvalue weighted by molar-refractivity contribution is -0.903. The van der Waals surface area contributed by atoms with Crippen molar-refractivity contribution in [3.8, 4) is 5.75 Å². The topological polar surface area (TPSA) is 43.2 Å². The van der Waals surface area contributed by atoms with Gasteiger partial charge >= 0.3 is 5.97 Å². The number of hydrogen-bond donors (Lipinski definition) is 1. The number of nitrogens with zero attached hydrogens (tertiary/aromatic N) is 1. The quantitative estimate of drug-likeness (QED) is 0.595. The molecule has 0 bridgehead atoms. The molecule has 0 spiro atoms. The summed E-state index contributed by atoms with van der Waals surface area (Å²) in [5.41, 5.74) is 3.11. The van der Waals surface area contributed by atoms with E-state index in [0.29, 0.717) is 5.92 Å². The van der Waals surface area contributed by atoms with E-state index in [1.165, 1.54) is 29.8 Å². The number of quaternary nitrogens is 1. The number of ether oxygens (including phenoxy) is 2. The van der Waals surface area contributed by atoms with Gasteiger partial charge in [0.1, 0.15) is 17.8 Å². The number of rotatable bonds is 4. The van der Waals surface area contributed by atoms with Crippen molar-refractivity contribution >= 4 is 11.7 Å². The summed E-state index contributed by atoms with van der Waals surface area (Å²) in [4.78, 5) is 16.8. The van der Waals surface area contributed by atoms with Gasteiger partial charge in [0.15, 0.2) is 0 Å². The second-order valence-electron chi connectivity index (χ2n) is 10.5. The fraction of sp³-hybridized carbons (Fsp3) is 0.654. The summed E-state index contributed by atoms with van der Waals surface area (Å²) in [6.45, 7) is 9.86. The molecule has 0 aromatic heterocycles. The minimum absolute atomic E-state index is 0.0266. The lowest BCUT2D eigenvalue weighted by atomic mass is 9.59. The zero-order chi connectivity index (χ0) is 21.6. The minimum Gasteiger partial charge on any atom is -0.497 e. The van der Waals surface area contributed by atoms with Crippen LogP contribution in [-0.2, 0) is 9.53 Å². The fourth-order valence-electron chi connectivity index (χ4n) is 6.67. The highest BCUT2D eigenvalue weighted by Crippen LogP contribution is 2.53. The van der Waals surface area contributed by atoms with Crippen molar-refractivity contribution in [2.75, 3.05) is 44.7 Å². The third-order valence-corrected chi connectivity index (χ3v) is 8.50. The Labute approximate surface area is 186 Å². The number of nitrogens with one attached hydrogen (secondary N) is 1. The van der Waals surface area contributed by atoms with E-state index >= 15 is 0 Å². The second-order valence-corrected chi connectivity index (χ2v) is 10.5. The average molecular weight is 426 g/mol. The van der Waals surface area contributed by atoms with Crippen LogP contribution in [0.2, 0.25) is 0 Å². The molecule has 2 saturated heterocycles. The summed E-state index contributed by atoms with van der Waals surface area (Å²) in [6.07, 6.45) is 7.43. The maximum Gasteiger partial charge on any atom is 0.315 e. The smallest absolute Gasteiger partial charge is 0.315 e. The Hall–Kier alpha value is -2.01. The van der Waals surface area contributed by atoms with Gasteiger partial charge < -0.3 is 19.3 Å². The number of allylic oxidation sites excluding steroid dienone is 1. The molecular weight excluding hydrogens is 388 g/mol. The van der Waals surface area contributed by atoms with Crippen LogP contribution in [0.5, 0.6) is 5.75 Å². The van der Waals surface area contributed by atoms with E-state index in [-0.39, 0.29) is 29.3 Å². The summed E-state index contributed by atoms with van der Waals surface area (Å²) in [7, 11) is 1.70. The predicted molar refractivity (Wildman–Crippen MR) is 121 cm³/mol. The fourth-order valence-corrected chi connectivity index (χ4v) is 6.67. The van der Waals surface area contributed by atoms with Gasteiger partial charge in [0.2, 0.25) is 0 Å². The van der Waals surface area contributed by atoms with Crippen LogP contribution in [0.25, 0.3) is 0 Å². The molecule has 168 valence electrons. The Morgan fingerprint density at radius 3 is 2.68 bits per heavy atom. The summed E-state index contributed by atoms with van der Waals surface area (Å²) >= 11 is 0. The van der Waals surface area contributed by atoms with Gasteiger partial charge in [-0.1, -0.05) is 31.9 Å². The molecule has 1 N–H and O–H groups in total. The Kier molecular flexibility index (Phi) is 5.49. The van der Waals surface area contributed by atoms with E-state index in [9.17, 15) is 4.79 Å². The van der Waals surface area contributed by atoms with Gasteiger partial charge in [0.05, 0.1) is 39.8 Å². The van der Waals surface area contributed by atoms with Crippen LogP contribution in [0.15, 0.2) is 35.9 Å². The normalized spacial score (nSPS) is 35.8. The van der Waals surface area contributed by atoms with Crippen molar-refractivity contribution < 1.29 is 19.2 Å². The summed E-state index contributed by atoms with van der Waals surface area (Å²) in [5, 5.41) is 0. The first kappa shape index (κ1) is 20.9. The van der Waals surface area contributed by atoms with E-state index in [4.69, 9.17) is 9.47 Å². The van der Waals surface area contributed by atoms with Crippen molar-refractivity contribution in [3.63, 3.8) is 0 Å². The molecule has 2 heterocycles. The number of anilines is 1. The van der Waals surface area contributed by atoms with Crippen LogP contribution in [0.3, 0.4) is 0 Å². The van der Waals surface area contributed by atoms with E-state index in [0.717, 1.165) is 44.9 Å². The SMILES string of the molecule is COc1ccc(N2CC[NH+](C[C@H]3C(=O)O[C@@H]4C[C@@]5(C)CCC[C@H](C)C5=C[C@@H]43)CC2)cc1. The Bertz CT molecular complexity index is 843. The molecule has 0 unspecified atom stereocenters. The van der Waals surface area contributed by atoms with E-state index in [1.54, 1.807) is 12.7 Å². The number of carbonyl (C=O) groups excluding carboxylic acids is 1. The largest absolute Gasteiger partial charge is 0.497 e. The molecule has 0 radical (unpaired) electrons. The molecule has 5 nitrogen and oxygen atoms in total. The summed E-state index contributed by atoms with van der Waals surface area (Å²) < 4.78 is 11.2. The Morgan fingerprint density at radius 2 is 1.97 bits per heavy atom. The molecule has 1 aromatic carbocycles. The van der Waals surface area contributed by atoms with Gasteiger partial charge in [-0.2, -0.15) is 0 Å². The van der Waals surface area contributed by atoms with Gasteiger partial charge in [-0.25, -0.2) is 0 Å². The highest BCUT2D eigenvalue weighted by Gasteiger charge is 2.52. The third kappa shape index (κ3) is 3.86. The molecule has 1 saturated carbocycles. The van der Waals surface area contributed by atoms with Gasteiger partial charge in [-0.05, 0) is 54.9 Å². The van der Waals surface area contributed by atoms with Gasteiger partial charge in [-0.15, -0.1) is 0 Å². The Balaban J connectivity index is 1.24. The molecule has 2 aliphatic carbocycles. The summed E-state index contributed by atoms with van der Waals surface area (Å²) in [6, 6.07) is 8.33. The molecule has 5 rings (SSSR count). The zero-order valence-corrected chi connectivity index (χ0v) is 19.2. The minimum atomic E-state index is 0.0266. The number of methoxy groups -OCH3 is 1. The molecule has 3 fully saturated rings. The molecule has 5 heteroatoms. The molecule has 31 heavy (non-hydrogen) atoms. The number of carbonyl (C=O) groups is 1. The van der Waals surface area contributed by atoms with Crippen LogP contribution >= 0.6 is 0 Å². The third-order valence-electron chi connectivity index (χ3n) is 8.50. The maximum atomic E-state index is 12.9. The molecule has 2 aliphatic heterocycles. The number of piperazine rings is 1. The second kappa shape index (κ2) is 8.16. The maximum absolute atomic E-state index is 12.9. The molecular formula is C26H37N2O3+. The van der Waals surface area contributed by atoms with E-state index in [1.807, 2.05) is 12.1 Å². The zero-order valence-electron chi connectivity index (χ0n) is 19.2. The van der Waals surface area contributed by atoms with Crippen LogP contribution in [0.4, 0.5) is 5.69 Å². The van der Waals surface area contributed by atoms with Crippen molar-refractivity contribution in [2.45, 2.75) is 45.6 Å².